The minimum atomic E-state index is -3.48. The molecule has 114 valence electrons. The molecule has 0 heterocycles. The first-order chi connectivity index (χ1) is 9.55. The zero-order valence-corrected chi connectivity index (χ0v) is 13.2. The van der Waals surface area contributed by atoms with Crippen LogP contribution in [0.3, 0.4) is 0 Å². The SMILES string of the molecule is CCCNS(=O)(=O)c1ccccc1NC(CC)COC. The Morgan fingerprint density at radius 3 is 2.55 bits per heavy atom. The summed E-state index contributed by atoms with van der Waals surface area (Å²) in [6.07, 6.45) is 1.61. The number of para-hydroxylation sites is 1. The summed E-state index contributed by atoms with van der Waals surface area (Å²) in [7, 11) is -1.84. The lowest BCUT2D eigenvalue weighted by Crippen LogP contribution is -2.28. The third kappa shape index (κ3) is 4.77. The molecular weight excluding hydrogens is 276 g/mol. The van der Waals surface area contributed by atoms with Crippen LogP contribution in [0.2, 0.25) is 0 Å². The van der Waals surface area contributed by atoms with Crippen molar-refractivity contribution in [1.29, 1.82) is 0 Å². The predicted octanol–water partition coefficient (Wildman–Crippen LogP) is 2.21. The average Bonchev–Trinajstić information content (AvgIpc) is 2.45. The van der Waals surface area contributed by atoms with Crippen LogP contribution in [0, 0.1) is 0 Å². The van der Waals surface area contributed by atoms with Crippen molar-refractivity contribution >= 4 is 15.7 Å². The number of ether oxygens (including phenoxy) is 1. The van der Waals surface area contributed by atoms with E-state index in [1.54, 1.807) is 25.3 Å². The Kier molecular flexibility index (Phi) is 6.98. The van der Waals surface area contributed by atoms with Crippen LogP contribution in [-0.4, -0.2) is 34.7 Å². The van der Waals surface area contributed by atoms with E-state index in [2.05, 4.69) is 10.0 Å². The van der Waals surface area contributed by atoms with E-state index >= 15 is 0 Å². The van der Waals surface area contributed by atoms with Crippen molar-refractivity contribution in [2.45, 2.75) is 37.6 Å². The van der Waals surface area contributed by atoms with Gasteiger partial charge in [0.05, 0.1) is 12.3 Å². The molecule has 1 atom stereocenters. The monoisotopic (exact) mass is 300 g/mol. The molecule has 0 spiro atoms. The summed E-state index contributed by atoms with van der Waals surface area (Å²) in [6.45, 7) is 4.93. The summed E-state index contributed by atoms with van der Waals surface area (Å²) in [5.41, 5.74) is 0.611. The predicted molar refractivity (Wildman–Crippen MR) is 81.5 cm³/mol. The number of benzene rings is 1. The van der Waals surface area contributed by atoms with E-state index in [1.165, 1.54) is 0 Å². The smallest absolute Gasteiger partial charge is 0.242 e. The molecule has 1 rings (SSSR count). The van der Waals surface area contributed by atoms with Crippen molar-refractivity contribution in [2.75, 3.05) is 25.6 Å². The maximum Gasteiger partial charge on any atom is 0.242 e. The average molecular weight is 300 g/mol. The lowest BCUT2D eigenvalue weighted by atomic mass is 10.2. The van der Waals surface area contributed by atoms with E-state index in [1.807, 2.05) is 19.9 Å². The van der Waals surface area contributed by atoms with Crippen LogP contribution in [0.1, 0.15) is 26.7 Å². The Morgan fingerprint density at radius 2 is 1.95 bits per heavy atom. The van der Waals surface area contributed by atoms with Gasteiger partial charge in [0.25, 0.3) is 0 Å². The molecule has 0 aromatic heterocycles. The number of sulfonamides is 1. The van der Waals surface area contributed by atoms with Gasteiger partial charge in [0.2, 0.25) is 10.0 Å². The minimum Gasteiger partial charge on any atom is -0.383 e. The molecular formula is C14H24N2O3S. The molecule has 6 heteroatoms. The summed E-state index contributed by atoms with van der Waals surface area (Å²) in [5, 5.41) is 3.24. The van der Waals surface area contributed by atoms with Crippen molar-refractivity contribution in [3.05, 3.63) is 24.3 Å². The molecule has 20 heavy (non-hydrogen) atoms. The molecule has 2 N–H and O–H groups in total. The summed E-state index contributed by atoms with van der Waals surface area (Å²) >= 11 is 0. The molecule has 0 amide bonds. The minimum absolute atomic E-state index is 0.0857. The Morgan fingerprint density at radius 1 is 1.25 bits per heavy atom. The van der Waals surface area contributed by atoms with E-state index in [9.17, 15) is 8.42 Å². The highest BCUT2D eigenvalue weighted by atomic mass is 32.2. The van der Waals surface area contributed by atoms with Gasteiger partial charge in [-0.25, -0.2) is 13.1 Å². The van der Waals surface area contributed by atoms with Gasteiger partial charge in [0, 0.05) is 19.7 Å². The number of nitrogens with one attached hydrogen (secondary N) is 2. The first-order valence-corrected chi connectivity index (χ1v) is 8.37. The van der Waals surface area contributed by atoms with E-state index in [-0.39, 0.29) is 10.9 Å². The maximum atomic E-state index is 12.3. The highest BCUT2D eigenvalue weighted by Crippen LogP contribution is 2.22. The summed E-state index contributed by atoms with van der Waals surface area (Å²) in [6, 6.07) is 7.02. The maximum absolute atomic E-state index is 12.3. The van der Waals surface area contributed by atoms with Gasteiger partial charge < -0.3 is 10.1 Å². The fourth-order valence-electron chi connectivity index (χ4n) is 1.82. The molecule has 0 saturated heterocycles. The fourth-order valence-corrected chi connectivity index (χ4v) is 3.12. The summed E-state index contributed by atoms with van der Waals surface area (Å²) in [5.74, 6) is 0. The number of rotatable bonds is 9. The van der Waals surface area contributed by atoms with Gasteiger partial charge in [0.15, 0.2) is 0 Å². The Balaban J connectivity index is 2.98. The second kappa shape index (κ2) is 8.24. The van der Waals surface area contributed by atoms with Gasteiger partial charge in [-0.2, -0.15) is 0 Å². The quantitative estimate of drug-likeness (QED) is 0.734. The largest absolute Gasteiger partial charge is 0.383 e. The molecule has 0 radical (unpaired) electrons. The highest BCUT2D eigenvalue weighted by molar-refractivity contribution is 7.89. The van der Waals surface area contributed by atoms with Gasteiger partial charge in [0.1, 0.15) is 4.90 Å². The van der Waals surface area contributed by atoms with E-state index < -0.39 is 10.0 Å². The Labute approximate surface area is 121 Å². The molecule has 0 bridgehead atoms. The second-order valence-electron chi connectivity index (χ2n) is 4.60. The van der Waals surface area contributed by atoms with Crippen LogP contribution in [-0.2, 0) is 14.8 Å². The topological polar surface area (TPSA) is 67.4 Å². The third-order valence-electron chi connectivity index (χ3n) is 2.94. The molecule has 1 aromatic carbocycles. The first kappa shape index (κ1) is 16.9. The third-order valence-corrected chi connectivity index (χ3v) is 4.46. The number of hydrogen-bond donors (Lipinski definition) is 2. The zero-order valence-electron chi connectivity index (χ0n) is 12.3. The normalized spacial score (nSPS) is 13.2. The van der Waals surface area contributed by atoms with Crippen molar-refractivity contribution in [3.63, 3.8) is 0 Å². The standard InChI is InChI=1S/C14H24N2O3S/c1-4-10-15-20(17,18)14-9-7-6-8-13(14)16-12(5-2)11-19-3/h6-9,12,15-16H,4-5,10-11H2,1-3H3. The van der Waals surface area contributed by atoms with Crippen LogP contribution in [0.4, 0.5) is 5.69 Å². The lowest BCUT2D eigenvalue weighted by Gasteiger charge is -2.19. The van der Waals surface area contributed by atoms with Crippen LogP contribution < -0.4 is 10.0 Å². The van der Waals surface area contributed by atoms with Crippen LogP contribution in [0.25, 0.3) is 0 Å². The molecule has 1 unspecified atom stereocenters. The van der Waals surface area contributed by atoms with Crippen molar-refractivity contribution in [2.24, 2.45) is 0 Å². The molecule has 0 aliphatic rings. The van der Waals surface area contributed by atoms with Gasteiger partial charge in [-0.3, -0.25) is 0 Å². The fraction of sp³-hybridized carbons (Fsp3) is 0.571. The second-order valence-corrected chi connectivity index (χ2v) is 6.33. The summed E-state index contributed by atoms with van der Waals surface area (Å²) < 4.78 is 32.2. The number of hydrogen-bond acceptors (Lipinski definition) is 4. The van der Waals surface area contributed by atoms with Gasteiger partial charge >= 0.3 is 0 Å². The molecule has 0 aliphatic carbocycles. The number of anilines is 1. The lowest BCUT2D eigenvalue weighted by molar-refractivity contribution is 0.184. The van der Waals surface area contributed by atoms with Crippen molar-refractivity contribution in [1.82, 2.24) is 4.72 Å². The molecule has 0 fully saturated rings. The zero-order chi connectivity index (χ0) is 15.0. The highest BCUT2D eigenvalue weighted by Gasteiger charge is 2.18. The van der Waals surface area contributed by atoms with Crippen molar-refractivity contribution in [3.8, 4) is 0 Å². The van der Waals surface area contributed by atoms with E-state index in [0.717, 1.165) is 12.8 Å². The van der Waals surface area contributed by atoms with Gasteiger partial charge in [-0.15, -0.1) is 0 Å². The van der Waals surface area contributed by atoms with Gasteiger partial charge in [-0.1, -0.05) is 26.0 Å². The van der Waals surface area contributed by atoms with E-state index in [4.69, 9.17) is 4.74 Å². The van der Waals surface area contributed by atoms with Crippen LogP contribution >= 0.6 is 0 Å². The van der Waals surface area contributed by atoms with Gasteiger partial charge in [-0.05, 0) is 25.0 Å². The van der Waals surface area contributed by atoms with E-state index in [0.29, 0.717) is 18.8 Å². The van der Waals surface area contributed by atoms with Crippen molar-refractivity contribution < 1.29 is 13.2 Å². The number of methoxy groups -OCH3 is 1. The molecule has 1 aromatic rings. The first-order valence-electron chi connectivity index (χ1n) is 6.89. The Bertz CT molecular complexity index is 503. The summed E-state index contributed by atoms with van der Waals surface area (Å²) in [4.78, 5) is 0.281. The molecule has 5 nitrogen and oxygen atoms in total. The Hall–Kier alpha value is -1.11. The van der Waals surface area contributed by atoms with Crippen LogP contribution in [0.5, 0.6) is 0 Å². The van der Waals surface area contributed by atoms with Crippen LogP contribution in [0.15, 0.2) is 29.2 Å². The molecule has 0 saturated carbocycles. The molecule has 0 aliphatic heterocycles.